The molecule has 0 N–H and O–H groups in total. The van der Waals surface area contributed by atoms with Gasteiger partial charge in [0.15, 0.2) is 0 Å². The predicted molar refractivity (Wildman–Crippen MR) is 193 cm³/mol. The molecule has 46 heavy (non-hydrogen) atoms. The molecule has 0 aliphatic carbocycles. The van der Waals surface area contributed by atoms with Crippen LogP contribution in [-0.2, 0) is 5.41 Å². The van der Waals surface area contributed by atoms with Crippen molar-refractivity contribution in [2.24, 2.45) is 0 Å². The number of ether oxygens (including phenoxy) is 1. The Morgan fingerprint density at radius 2 is 1.39 bits per heavy atom. The number of allylic oxidation sites excluding steroid dienone is 2. The SMILES string of the molecule is CC1=C(C)N(c2ccc(C)c(C)c2C)CN1c1cccc(Oc2ccc3c4ccccc4n(-c4cc(C(C)(C)C)ccn4)c3c2)c1. The molecular weight excluding hydrogens is 564 g/mol. The van der Waals surface area contributed by atoms with Crippen molar-refractivity contribution in [2.75, 3.05) is 16.5 Å². The van der Waals surface area contributed by atoms with E-state index in [2.05, 4.69) is 155 Å². The van der Waals surface area contributed by atoms with Crippen LogP contribution in [0.4, 0.5) is 11.4 Å². The van der Waals surface area contributed by atoms with Crippen molar-refractivity contribution in [3.8, 4) is 17.3 Å². The molecule has 0 saturated carbocycles. The number of rotatable bonds is 5. The second kappa shape index (κ2) is 11.1. The fourth-order valence-electron chi connectivity index (χ4n) is 6.63. The second-order valence-corrected chi connectivity index (χ2v) is 13.6. The first kappa shape index (κ1) is 29.7. The van der Waals surface area contributed by atoms with Gasteiger partial charge in [-0.2, -0.15) is 0 Å². The van der Waals surface area contributed by atoms with Gasteiger partial charge in [0.05, 0.1) is 17.7 Å². The first-order chi connectivity index (χ1) is 22.0. The van der Waals surface area contributed by atoms with Crippen LogP contribution in [0.5, 0.6) is 11.5 Å². The number of anilines is 2. The number of benzene rings is 4. The van der Waals surface area contributed by atoms with Gasteiger partial charge in [-0.05, 0) is 111 Å². The largest absolute Gasteiger partial charge is 0.457 e. The Labute approximate surface area is 272 Å². The lowest BCUT2D eigenvalue weighted by atomic mass is 9.88. The maximum Gasteiger partial charge on any atom is 0.137 e. The average molecular weight is 607 g/mol. The summed E-state index contributed by atoms with van der Waals surface area (Å²) in [7, 11) is 0. The Morgan fingerprint density at radius 1 is 0.652 bits per heavy atom. The maximum atomic E-state index is 6.58. The molecule has 232 valence electrons. The number of hydrogen-bond acceptors (Lipinski definition) is 4. The van der Waals surface area contributed by atoms with Gasteiger partial charge in [-0.25, -0.2) is 4.98 Å². The normalized spacial score (nSPS) is 13.8. The highest BCUT2D eigenvalue weighted by molar-refractivity contribution is 6.09. The first-order valence-electron chi connectivity index (χ1n) is 16.1. The summed E-state index contributed by atoms with van der Waals surface area (Å²) in [6.45, 7) is 18.5. The van der Waals surface area contributed by atoms with Gasteiger partial charge in [0.25, 0.3) is 0 Å². The lowest BCUT2D eigenvalue weighted by molar-refractivity contribution is 0.483. The van der Waals surface area contributed by atoms with Crippen molar-refractivity contribution >= 4 is 33.2 Å². The van der Waals surface area contributed by atoms with E-state index in [0.29, 0.717) is 0 Å². The topological polar surface area (TPSA) is 33.5 Å². The minimum absolute atomic E-state index is 0.0199. The van der Waals surface area contributed by atoms with Crippen LogP contribution in [0.25, 0.3) is 27.6 Å². The van der Waals surface area contributed by atoms with E-state index in [-0.39, 0.29) is 5.41 Å². The zero-order valence-electron chi connectivity index (χ0n) is 28.1. The summed E-state index contributed by atoms with van der Waals surface area (Å²) >= 11 is 0. The van der Waals surface area contributed by atoms with Gasteiger partial charge in [0.2, 0.25) is 0 Å². The van der Waals surface area contributed by atoms with E-state index >= 15 is 0 Å². The molecule has 5 heteroatoms. The van der Waals surface area contributed by atoms with Crippen LogP contribution in [-0.4, -0.2) is 16.2 Å². The summed E-state index contributed by atoms with van der Waals surface area (Å²) in [5, 5.41) is 2.37. The predicted octanol–water partition coefficient (Wildman–Crippen LogP) is 10.7. The summed E-state index contributed by atoms with van der Waals surface area (Å²) < 4.78 is 8.84. The molecule has 1 aliphatic heterocycles. The molecule has 3 heterocycles. The van der Waals surface area contributed by atoms with Gasteiger partial charge in [0, 0.05) is 51.9 Å². The monoisotopic (exact) mass is 606 g/mol. The third kappa shape index (κ3) is 5.00. The molecular formula is C41H42N4O. The number of nitrogens with zero attached hydrogens (tertiary/aromatic N) is 4. The summed E-state index contributed by atoms with van der Waals surface area (Å²) in [5.74, 6) is 2.50. The van der Waals surface area contributed by atoms with E-state index in [9.17, 15) is 0 Å². The summed E-state index contributed by atoms with van der Waals surface area (Å²) in [6, 6.07) is 32.1. The zero-order chi connectivity index (χ0) is 32.3. The molecule has 2 aromatic heterocycles. The standard InChI is InChI=1S/C41H42N4O/c1-26-16-19-37(28(3)27(26)2)44-25-43(29(4)30(44)5)32-12-11-13-33(23-32)46-34-17-18-36-35-14-9-10-15-38(35)45(39(36)24-34)40-22-31(20-21-42-40)41(6,7)8/h9-24H,25H2,1-8H3. The van der Waals surface area contributed by atoms with Gasteiger partial charge in [-0.1, -0.05) is 51.1 Å². The van der Waals surface area contributed by atoms with Crippen LogP contribution in [0.3, 0.4) is 0 Å². The molecule has 0 unspecified atom stereocenters. The quantitative estimate of drug-likeness (QED) is 0.195. The molecule has 7 rings (SSSR count). The fraction of sp³-hybridized carbons (Fsp3) is 0.244. The highest BCUT2D eigenvalue weighted by Crippen LogP contribution is 2.39. The molecule has 0 saturated heterocycles. The summed E-state index contributed by atoms with van der Waals surface area (Å²) in [4.78, 5) is 9.61. The Bertz CT molecular complexity index is 2160. The van der Waals surface area contributed by atoms with Crippen LogP contribution in [0.15, 0.2) is 109 Å². The molecule has 0 atom stereocenters. The van der Waals surface area contributed by atoms with E-state index < -0.39 is 0 Å². The number of para-hydroxylation sites is 1. The lowest BCUT2D eigenvalue weighted by Gasteiger charge is -2.26. The van der Waals surface area contributed by atoms with Gasteiger partial charge in [-0.3, -0.25) is 4.57 Å². The fourth-order valence-corrected chi connectivity index (χ4v) is 6.63. The Morgan fingerprint density at radius 3 is 2.20 bits per heavy atom. The van der Waals surface area contributed by atoms with E-state index in [4.69, 9.17) is 9.72 Å². The zero-order valence-corrected chi connectivity index (χ0v) is 28.1. The van der Waals surface area contributed by atoms with Crippen molar-refractivity contribution in [1.82, 2.24) is 9.55 Å². The maximum absolute atomic E-state index is 6.58. The molecule has 0 fully saturated rings. The van der Waals surface area contributed by atoms with Crippen molar-refractivity contribution < 1.29 is 4.74 Å². The number of fused-ring (bicyclic) bond motifs is 3. The molecule has 0 spiro atoms. The van der Waals surface area contributed by atoms with Crippen LogP contribution in [0.2, 0.25) is 0 Å². The van der Waals surface area contributed by atoms with Gasteiger partial charge < -0.3 is 14.5 Å². The Hall–Kier alpha value is -5.03. The number of hydrogen-bond donors (Lipinski definition) is 0. The number of aryl methyl sites for hydroxylation is 1. The third-order valence-electron chi connectivity index (χ3n) is 9.79. The molecule has 0 amide bonds. The number of aromatic nitrogens is 2. The van der Waals surface area contributed by atoms with Gasteiger partial charge in [-0.15, -0.1) is 0 Å². The molecule has 5 nitrogen and oxygen atoms in total. The van der Waals surface area contributed by atoms with Gasteiger partial charge in [0.1, 0.15) is 17.3 Å². The third-order valence-corrected chi connectivity index (χ3v) is 9.79. The van der Waals surface area contributed by atoms with E-state index in [0.717, 1.165) is 40.7 Å². The molecule has 6 aromatic rings. The lowest BCUT2D eigenvalue weighted by Crippen LogP contribution is -2.27. The number of pyridine rings is 1. The van der Waals surface area contributed by atoms with Crippen LogP contribution in [0.1, 0.15) is 56.9 Å². The Balaban J connectivity index is 1.23. The Kier molecular flexibility index (Phi) is 7.16. The molecule has 0 bridgehead atoms. The highest BCUT2D eigenvalue weighted by Gasteiger charge is 2.27. The first-order valence-corrected chi connectivity index (χ1v) is 16.1. The van der Waals surface area contributed by atoms with Crippen LogP contribution >= 0.6 is 0 Å². The van der Waals surface area contributed by atoms with Crippen molar-refractivity contribution in [3.63, 3.8) is 0 Å². The van der Waals surface area contributed by atoms with Crippen LogP contribution in [0, 0.1) is 20.8 Å². The smallest absolute Gasteiger partial charge is 0.137 e. The molecule has 4 aromatic carbocycles. The van der Waals surface area contributed by atoms with E-state index in [1.807, 2.05) is 12.3 Å². The minimum atomic E-state index is 0.0199. The summed E-state index contributed by atoms with van der Waals surface area (Å²) in [5.41, 5.74) is 12.4. The minimum Gasteiger partial charge on any atom is -0.457 e. The molecule has 0 radical (unpaired) electrons. The molecule has 1 aliphatic rings. The van der Waals surface area contributed by atoms with Gasteiger partial charge >= 0.3 is 0 Å². The van der Waals surface area contributed by atoms with Crippen molar-refractivity contribution in [3.05, 3.63) is 131 Å². The second-order valence-electron chi connectivity index (χ2n) is 13.6. The van der Waals surface area contributed by atoms with Crippen LogP contribution < -0.4 is 14.5 Å². The van der Waals surface area contributed by atoms with E-state index in [1.165, 1.54) is 50.1 Å². The van der Waals surface area contributed by atoms with E-state index in [1.54, 1.807) is 0 Å². The van der Waals surface area contributed by atoms with Crippen molar-refractivity contribution in [1.29, 1.82) is 0 Å². The highest BCUT2D eigenvalue weighted by atomic mass is 16.5. The summed E-state index contributed by atoms with van der Waals surface area (Å²) in [6.07, 6.45) is 1.92. The van der Waals surface area contributed by atoms with Crippen molar-refractivity contribution in [2.45, 2.75) is 60.8 Å². The average Bonchev–Trinajstić information content (AvgIpc) is 3.53.